The maximum Gasteiger partial charge on any atom is 0.410 e. The molecule has 0 aromatic heterocycles. The average Bonchev–Trinajstić information content (AvgIpc) is 3.96. The van der Waals surface area contributed by atoms with Crippen LogP contribution in [0.1, 0.15) is 148 Å². The lowest BCUT2D eigenvalue weighted by atomic mass is 9.70. The highest BCUT2D eigenvalue weighted by Gasteiger charge is 2.50. The highest BCUT2D eigenvalue weighted by molar-refractivity contribution is 7.92. The van der Waals surface area contributed by atoms with E-state index in [-0.39, 0.29) is 43.3 Å². The van der Waals surface area contributed by atoms with Gasteiger partial charge in [-0.1, -0.05) is 88.6 Å². The number of ketones is 3. The van der Waals surface area contributed by atoms with Crippen LogP contribution in [0.4, 0.5) is 9.59 Å². The molecule has 4 fully saturated rings. The van der Waals surface area contributed by atoms with Crippen LogP contribution in [0.5, 0.6) is 0 Å². The van der Waals surface area contributed by atoms with Crippen molar-refractivity contribution in [2.24, 2.45) is 17.3 Å². The van der Waals surface area contributed by atoms with Gasteiger partial charge in [0.1, 0.15) is 12.1 Å². The largest absolute Gasteiger partial charge is 0.444 e. The second-order valence-corrected chi connectivity index (χ2v) is 23.1. The summed E-state index contributed by atoms with van der Waals surface area (Å²) >= 11 is 0. The Morgan fingerprint density at radius 3 is 2.23 bits per heavy atom. The number of carbonyl (C=O) groups excluding carboxylic acids is 6. The molecule has 1 unspecified atom stereocenters. The van der Waals surface area contributed by atoms with E-state index in [1.807, 2.05) is 31.2 Å². The normalized spacial score (nSPS) is 23.3. The van der Waals surface area contributed by atoms with E-state index in [1.165, 1.54) is 10.5 Å². The van der Waals surface area contributed by atoms with E-state index in [0.29, 0.717) is 58.0 Å². The Balaban J connectivity index is 1.27. The summed E-state index contributed by atoms with van der Waals surface area (Å²) in [5.74, 6) is -2.78. The number of allylic oxidation sites excluding steroid dienone is 1. The molecule has 6 rings (SSSR count). The van der Waals surface area contributed by atoms with Gasteiger partial charge in [0.15, 0.2) is 21.4 Å². The van der Waals surface area contributed by atoms with Gasteiger partial charge in [0.05, 0.1) is 28.6 Å². The zero-order valence-electron chi connectivity index (χ0n) is 37.5. The number of hydrogen-bond donors (Lipinski definition) is 2. The molecule has 0 spiro atoms. The molecule has 62 heavy (non-hydrogen) atoms. The van der Waals surface area contributed by atoms with Gasteiger partial charge in [-0.3, -0.25) is 19.2 Å². The van der Waals surface area contributed by atoms with Gasteiger partial charge in [0.25, 0.3) is 0 Å². The number of benzene rings is 1. The SMILES string of the molecule is C=CCCC(=O)C(=O)C(CC(=O)[C@@H]1C[C@@H](OC(=O)N2CCc3ccccc3C2)CN1C(=O)[C@@H](NC(=O)NC1(CS(=O)(=O)C(C)(C)C)CCCCC1)C1(C)CCCCC1)CC1CC1. The van der Waals surface area contributed by atoms with Crippen molar-refractivity contribution in [3.8, 4) is 0 Å². The van der Waals surface area contributed by atoms with E-state index in [0.717, 1.165) is 56.9 Å². The molecule has 1 aromatic rings. The molecule has 0 radical (unpaired) electrons. The minimum absolute atomic E-state index is 0.0128. The quantitative estimate of drug-likeness (QED) is 0.121. The first-order valence-corrected chi connectivity index (χ1v) is 24.8. The van der Waals surface area contributed by atoms with Crippen molar-refractivity contribution in [3.63, 3.8) is 0 Å². The van der Waals surface area contributed by atoms with E-state index in [4.69, 9.17) is 4.74 Å². The summed E-state index contributed by atoms with van der Waals surface area (Å²) in [6.07, 6.45) is 10.6. The number of ether oxygens (including phenoxy) is 1. The van der Waals surface area contributed by atoms with Gasteiger partial charge in [-0.15, -0.1) is 6.58 Å². The lowest BCUT2D eigenvalue weighted by Gasteiger charge is -2.44. The number of rotatable bonds is 17. The first kappa shape index (κ1) is 47.4. The van der Waals surface area contributed by atoms with Crippen LogP contribution in [0.25, 0.3) is 0 Å². The van der Waals surface area contributed by atoms with E-state index in [2.05, 4.69) is 17.2 Å². The fourth-order valence-corrected chi connectivity index (χ4v) is 11.7. The van der Waals surface area contributed by atoms with Gasteiger partial charge in [-0.05, 0) is 88.2 Å². The number of carbonyl (C=O) groups is 6. The summed E-state index contributed by atoms with van der Waals surface area (Å²) in [4.78, 5) is 87.6. The van der Waals surface area contributed by atoms with Crippen molar-refractivity contribution in [1.82, 2.24) is 20.4 Å². The van der Waals surface area contributed by atoms with Crippen LogP contribution in [0.2, 0.25) is 0 Å². The predicted octanol–water partition coefficient (Wildman–Crippen LogP) is 7.19. The summed E-state index contributed by atoms with van der Waals surface area (Å²) in [5, 5.41) is 6.11. The lowest BCUT2D eigenvalue weighted by Crippen LogP contribution is -2.64. The summed E-state index contributed by atoms with van der Waals surface area (Å²) in [7, 11) is -3.63. The van der Waals surface area contributed by atoms with Gasteiger partial charge in [-0.25, -0.2) is 18.0 Å². The molecule has 1 aromatic carbocycles. The van der Waals surface area contributed by atoms with E-state index >= 15 is 4.79 Å². The molecular weight excluding hydrogens is 809 g/mol. The van der Waals surface area contributed by atoms with E-state index in [9.17, 15) is 32.4 Å². The third-order valence-corrected chi connectivity index (χ3v) is 17.2. The van der Waals surface area contributed by atoms with Crippen molar-refractivity contribution in [3.05, 3.63) is 48.0 Å². The smallest absolute Gasteiger partial charge is 0.410 e. The Morgan fingerprint density at radius 1 is 0.952 bits per heavy atom. The molecule has 1 saturated heterocycles. The van der Waals surface area contributed by atoms with Crippen LogP contribution in [0, 0.1) is 17.3 Å². The zero-order chi connectivity index (χ0) is 44.9. The second-order valence-electron chi connectivity index (χ2n) is 20.3. The van der Waals surface area contributed by atoms with Crippen LogP contribution < -0.4 is 10.6 Å². The van der Waals surface area contributed by atoms with Gasteiger partial charge in [0, 0.05) is 38.3 Å². The number of sulfone groups is 1. The molecule has 2 heterocycles. The van der Waals surface area contributed by atoms with Gasteiger partial charge < -0.3 is 25.2 Å². The maximum atomic E-state index is 15.3. The van der Waals surface area contributed by atoms with Crippen molar-refractivity contribution in [2.45, 2.75) is 178 Å². The van der Waals surface area contributed by atoms with Crippen molar-refractivity contribution >= 4 is 45.2 Å². The molecule has 3 aliphatic carbocycles. The lowest BCUT2D eigenvalue weighted by molar-refractivity contribution is -0.144. The number of hydrogen-bond acceptors (Lipinski definition) is 9. The van der Waals surface area contributed by atoms with Gasteiger partial charge >= 0.3 is 12.1 Å². The fraction of sp³-hybridized carbons (Fsp3) is 0.708. The number of urea groups is 1. The van der Waals surface area contributed by atoms with Crippen molar-refractivity contribution in [2.75, 3.05) is 18.8 Å². The van der Waals surface area contributed by atoms with E-state index < -0.39 is 79.2 Å². The predicted molar refractivity (Wildman–Crippen MR) is 237 cm³/mol. The highest BCUT2D eigenvalue weighted by atomic mass is 32.2. The Kier molecular flexibility index (Phi) is 15.1. The van der Waals surface area contributed by atoms with Crippen molar-refractivity contribution < 1.29 is 41.9 Å². The Morgan fingerprint density at radius 2 is 1.60 bits per heavy atom. The zero-order valence-corrected chi connectivity index (χ0v) is 38.3. The third-order valence-electron chi connectivity index (χ3n) is 14.4. The Hall–Kier alpha value is -4.07. The standard InChI is InChI=1S/C48H70N4O9S/c1-6-7-18-39(53)41(55)36(27-33-19-20-33)28-40(54)38-29-37(61-45(58)51-26-21-34-16-10-11-17-35(34)30-51)31-52(38)43(56)42(47(5)22-12-8-13-23-47)49-44(57)50-48(24-14-9-15-25-48)32-62(59,60)46(2,3)4/h6,10-11,16-17,33,36-38,42H,1,7-9,12-15,18-32H2,2-5H3,(H2,49,50,57)/t36?,37-,38+,42-/m1/s1. The summed E-state index contributed by atoms with van der Waals surface area (Å²) in [5.41, 5.74) is 0.486. The second kappa shape index (κ2) is 19.8. The van der Waals surface area contributed by atoms with Crippen LogP contribution >= 0.6 is 0 Å². The Bertz CT molecular complexity index is 1960. The molecule has 2 aliphatic heterocycles. The Labute approximate surface area is 368 Å². The first-order valence-electron chi connectivity index (χ1n) is 23.2. The summed E-state index contributed by atoms with van der Waals surface area (Å²) < 4.78 is 32.3. The van der Waals surface area contributed by atoms with E-state index in [1.54, 1.807) is 31.7 Å². The summed E-state index contributed by atoms with van der Waals surface area (Å²) in [6.45, 7) is 11.4. The maximum absolute atomic E-state index is 15.3. The van der Waals surface area contributed by atoms with Crippen LogP contribution in [0.15, 0.2) is 36.9 Å². The molecule has 4 atom stereocenters. The molecule has 3 saturated carbocycles. The minimum Gasteiger partial charge on any atom is -0.444 e. The average molecular weight is 879 g/mol. The first-order chi connectivity index (χ1) is 29.3. The molecule has 5 aliphatic rings. The number of amides is 4. The number of nitrogens with one attached hydrogen (secondary N) is 2. The molecule has 14 heteroatoms. The molecule has 2 N–H and O–H groups in total. The third kappa shape index (κ3) is 11.5. The number of nitrogens with zero attached hydrogens (tertiary/aromatic N) is 2. The van der Waals surface area contributed by atoms with Crippen LogP contribution in [-0.2, 0) is 46.7 Å². The molecule has 0 bridgehead atoms. The molecule has 342 valence electrons. The van der Waals surface area contributed by atoms with Gasteiger partial charge in [0.2, 0.25) is 11.7 Å². The topological polar surface area (TPSA) is 176 Å². The monoisotopic (exact) mass is 878 g/mol. The van der Waals surface area contributed by atoms with Crippen LogP contribution in [0.3, 0.4) is 0 Å². The number of fused-ring (bicyclic) bond motifs is 1. The molecule has 4 amide bonds. The molecule has 13 nitrogen and oxygen atoms in total. The number of Topliss-reactive ketones (excluding diaryl/α,β-unsaturated/α-hetero) is 3. The summed E-state index contributed by atoms with van der Waals surface area (Å²) in [6, 6.07) is 5.14. The van der Waals surface area contributed by atoms with Gasteiger partial charge in [-0.2, -0.15) is 0 Å². The van der Waals surface area contributed by atoms with Crippen molar-refractivity contribution in [1.29, 1.82) is 0 Å². The number of likely N-dealkylation sites (tertiary alicyclic amines) is 1. The fourth-order valence-electron chi connectivity index (χ4n) is 10.2. The highest BCUT2D eigenvalue weighted by Crippen LogP contribution is 2.42. The van der Waals surface area contributed by atoms with Crippen LogP contribution in [-0.4, -0.2) is 101 Å². The minimum atomic E-state index is -3.63. The molecular formula is C48H70N4O9S.